The van der Waals surface area contributed by atoms with Gasteiger partial charge in [-0.05, 0) is 44.9 Å². The molecule has 2 saturated carbocycles. The van der Waals surface area contributed by atoms with Crippen LogP contribution in [0.15, 0.2) is 17.1 Å². The van der Waals surface area contributed by atoms with Crippen LogP contribution in [0, 0.1) is 29.1 Å². The maximum Gasteiger partial charge on any atom is 0.233 e. The molecule has 3 aliphatic carbocycles. The van der Waals surface area contributed by atoms with E-state index in [1.54, 1.807) is 7.11 Å². The molecule has 30 heavy (non-hydrogen) atoms. The second kappa shape index (κ2) is 7.66. The molecule has 4 rings (SSSR count). The maximum absolute atomic E-state index is 12.8. The maximum atomic E-state index is 12.8. The Kier molecular flexibility index (Phi) is 5.45. The third-order valence-electron chi connectivity index (χ3n) is 8.30. The lowest BCUT2D eigenvalue weighted by atomic mass is 9.56. The van der Waals surface area contributed by atoms with Crippen molar-refractivity contribution in [1.82, 2.24) is 15.5 Å². The number of carbonyl (C=O) groups excluding carboxylic acids is 2. The molecule has 1 aliphatic heterocycles. The van der Waals surface area contributed by atoms with Gasteiger partial charge in [-0.25, -0.2) is 0 Å². The van der Waals surface area contributed by atoms with E-state index in [4.69, 9.17) is 9.73 Å². The predicted molar refractivity (Wildman–Crippen MR) is 116 cm³/mol. The molecule has 0 aromatic carbocycles. The van der Waals surface area contributed by atoms with Gasteiger partial charge in [-0.15, -0.1) is 0 Å². The fourth-order valence-electron chi connectivity index (χ4n) is 5.81. The summed E-state index contributed by atoms with van der Waals surface area (Å²) >= 11 is 0. The zero-order chi connectivity index (χ0) is 21.7. The number of likely N-dealkylation sites (tertiary alicyclic amines) is 1. The first-order valence-electron chi connectivity index (χ1n) is 11.4. The van der Waals surface area contributed by atoms with Gasteiger partial charge < -0.3 is 15.4 Å². The molecular formula is C23H36N4O3. The Labute approximate surface area is 179 Å². The number of aliphatic imine (C=N–C) groups is 1. The van der Waals surface area contributed by atoms with E-state index in [0.717, 1.165) is 25.3 Å². The lowest BCUT2D eigenvalue weighted by molar-refractivity contribution is -0.176. The first-order chi connectivity index (χ1) is 14.2. The minimum atomic E-state index is -0.134. The Morgan fingerprint density at radius 2 is 1.83 bits per heavy atom. The molecule has 166 valence electrons. The molecule has 0 radical (unpaired) electrons. The van der Waals surface area contributed by atoms with Crippen LogP contribution in [0.4, 0.5) is 0 Å². The number of methoxy groups -OCH3 is 1. The highest BCUT2D eigenvalue weighted by molar-refractivity contribution is 6.06. The first kappa shape index (κ1) is 21.3. The topological polar surface area (TPSA) is 83.0 Å². The number of fused-ring (bicyclic) bond motifs is 5. The normalized spacial score (nSPS) is 38.8. The standard InChI is InChI=1S/C23H36N4O3/c1-6-24-21(26-16-13-23(4,30-5)22(16,2)3)25-10-7-11-27-19(28)17-14-8-9-15(12-14)18(17)20(27)29/h8-9,14-18H,6-7,10-13H2,1-5H3,(H2,24,25,26). The number of hydrogen-bond acceptors (Lipinski definition) is 4. The zero-order valence-electron chi connectivity index (χ0n) is 18.9. The van der Waals surface area contributed by atoms with Crippen molar-refractivity contribution in [2.45, 2.75) is 58.6 Å². The second-order valence-corrected chi connectivity index (χ2v) is 10.00. The minimum absolute atomic E-state index is 0.00248. The van der Waals surface area contributed by atoms with Crippen LogP contribution >= 0.6 is 0 Å². The average Bonchev–Trinajstić information content (AvgIpc) is 3.39. The van der Waals surface area contributed by atoms with Crippen LogP contribution in [-0.2, 0) is 14.3 Å². The van der Waals surface area contributed by atoms with E-state index in [9.17, 15) is 9.59 Å². The molecular weight excluding hydrogens is 380 g/mol. The number of rotatable bonds is 7. The van der Waals surface area contributed by atoms with E-state index in [0.29, 0.717) is 19.5 Å². The van der Waals surface area contributed by atoms with Crippen LogP contribution in [0.2, 0.25) is 0 Å². The van der Waals surface area contributed by atoms with Gasteiger partial charge in [0.2, 0.25) is 11.8 Å². The van der Waals surface area contributed by atoms with Crippen molar-refractivity contribution in [3.8, 4) is 0 Å². The van der Waals surface area contributed by atoms with E-state index >= 15 is 0 Å². The zero-order valence-corrected chi connectivity index (χ0v) is 18.9. The van der Waals surface area contributed by atoms with Gasteiger partial charge in [0.25, 0.3) is 0 Å². The van der Waals surface area contributed by atoms with Crippen LogP contribution in [0.3, 0.4) is 0 Å². The van der Waals surface area contributed by atoms with Crippen LogP contribution in [-0.4, -0.2) is 61.1 Å². The number of carbonyl (C=O) groups is 2. The summed E-state index contributed by atoms with van der Waals surface area (Å²) < 4.78 is 5.71. The molecule has 0 aromatic heterocycles. The largest absolute Gasteiger partial charge is 0.378 e. The molecule has 7 nitrogen and oxygen atoms in total. The molecule has 7 heteroatoms. The summed E-state index contributed by atoms with van der Waals surface area (Å²) in [5.41, 5.74) is -0.137. The van der Waals surface area contributed by atoms with Crippen molar-refractivity contribution < 1.29 is 14.3 Å². The van der Waals surface area contributed by atoms with E-state index in [-0.39, 0.29) is 52.5 Å². The van der Waals surface area contributed by atoms with Gasteiger partial charge in [0.15, 0.2) is 5.96 Å². The summed E-state index contributed by atoms with van der Waals surface area (Å²) in [6, 6.07) is 0.282. The highest BCUT2D eigenvalue weighted by Crippen LogP contribution is 2.53. The van der Waals surface area contributed by atoms with E-state index in [1.165, 1.54) is 4.90 Å². The number of guanidine groups is 1. The van der Waals surface area contributed by atoms with Crippen molar-refractivity contribution in [1.29, 1.82) is 0 Å². The van der Waals surface area contributed by atoms with Crippen LogP contribution in [0.1, 0.15) is 47.0 Å². The fraction of sp³-hybridized carbons (Fsp3) is 0.783. The molecule has 4 aliphatic rings. The Morgan fingerprint density at radius 3 is 2.37 bits per heavy atom. The van der Waals surface area contributed by atoms with Crippen molar-refractivity contribution in [3.05, 3.63) is 12.2 Å². The number of amides is 2. The molecule has 1 saturated heterocycles. The quantitative estimate of drug-likeness (QED) is 0.218. The SMILES string of the molecule is CCNC(=NCCCN1C(=O)C2C3C=CC(C3)C2C1=O)NC1CC(C)(OC)C1(C)C. The molecule has 3 fully saturated rings. The van der Waals surface area contributed by atoms with E-state index in [1.807, 2.05) is 6.92 Å². The van der Waals surface area contributed by atoms with Crippen molar-refractivity contribution in [2.24, 2.45) is 34.1 Å². The smallest absolute Gasteiger partial charge is 0.233 e. The Balaban J connectivity index is 1.30. The predicted octanol–water partition coefficient (Wildman–Crippen LogP) is 1.94. The highest BCUT2D eigenvalue weighted by atomic mass is 16.5. The molecule has 2 N–H and O–H groups in total. The van der Waals surface area contributed by atoms with Gasteiger partial charge in [0.05, 0.1) is 17.4 Å². The summed E-state index contributed by atoms with van der Waals surface area (Å²) in [6.45, 7) is 10.4. The van der Waals surface area contributed by atoms with Gasteiger partial charge in [0.1, 0.15) is 0 Å². The van der Waals surface area contributed by atoms with E-state index in [2.05, 4.69) is 43.6 Å². The third kappa shape index (κ3) is 3.17. The average molecular weight is 417 g/mol. The fourth-order valence-corrected chi connectivity index (χ4v) is 5.81. The van der Waals surface area contributed by atoms with E-state index < -0.39 is 0 Å². The van der Waals surface area contributed by atoms with Gasteiger partial charge >= 0.3 is 0 Å². The molecule has 2 amide bonds. The molecule has 2 bridgehead atoms. The number of ether oxygens (including phenoxy) is 1. The highest BCUT2D eigenvalue weighted by Gasteiger charge is 2.59. The summed E-state index contributed by atoms with van der Waals surface area (Å²) in [6.07, 6.45) is 6.85. The molecule has 0 aromatic rings. The van der Waals surface area contributed by atoms with Crippen molar-refractivity contribution >= 4 is 17.8 Å². The van der Waals surface area contributed by atoms with Gasteiger partial charge in [-0.3, -0.25) is 19.5 Å². The monoisotopic (exact) mass is 416 g/mol. The van der Waals surface area contributed by atoms with Gasteiger partial charge in [-0.1, -0.05) is 26.0 Å². The summed E-state index contributed by atoms with van der Waals surface area (Å²) in [5, 5.41) is 6.84. The second-order valence-electron chi connectivity index (χ2n) is 10.00. The first-order valence-corrected chi connectivity index (χ1v) is 11.4. The Hall–Kier alpha value is -1.89. The molecule has 6 atom stereocenters. The lowest BCUT2D eigenvalue weighted by Crippen LogP contribution is -2.69. The summed E-state index contributed by atoms with van der Waals surface area (Å²) in [7, 11) is 1.77. The number of nitrogens with zero attached hydrogens (tertiary/aromatic N) is 2. The van der Waals surface area contributed by atoms with Gasteiger partial charge in [-0.2, -0.15) is 0 Å². The summed E-state index contributed by atoms with van der Waals surface area (Å²) in [4.78, 5) is 31.7. The van der Waals surface area contributed by atoms with Crippen LogP contribution in [0.5, 0.6) is 0 Å². The summed E-state index contributed by atoms with van der Waals surface area (Å²) in [5.74, 6) is 1.18. The number of nitrogens with one attached hydrogen (secondary N) is 2. The van der Waals surface area contributed by atoms with Crippen LogP contribution in [0.25, 0.3) is 0 Å². The molecule has 1 heterocycles. The molecule has 6 unspecified atom stereocenters. The lowest BCUT2D eigenvalue weighted by Gasteiger charge is -2.59. The number of imide groups is 1. The van der Waals surface area contributed by atoms with Crippen molar-refractivity contribution in [3.63, 3.8) is 0 Å². The third-order valence-corrected chi connectivity index (χ3v) is 8.30. The Bertz CT molecular complexity index is 746. The number of hydrogen-bond donors (Lipinski definition) is 2. The van der Waals surface area contributed by atoms with Crippen LogP contribution < -0.4 is 10.6 Å². The van der Waals surface area contributed by atoms with Crippen molar-refractivity contribution in [2.75, 3.05) is 26.7 Å². The molecule has 0 spiro atoms. The Morgan fingerprint density at radius 1 is 1.20 bits per heavy atom. The van der Waals surface area contributed by atoms with Gasteiger partial charge in [0, 0.05) is 38.2 Å². The number of allylic oxidation sites excluding steroid dienone is 2. The minimum Gasteiger partial charge on any atom is -0.378 e.